The van der Waals surface area contributed by atoms with E-state index in [1.807, 2.05) is 28.8 Å². The molecule has 0 amide bonds. The van der Waals surface area contributed by atoms with Gasteiger partial charge in [-0.25, -0.2) is 0 Å². The lowest BCUT2D eigenvalue weighted by atomic mass is 10.1. The number of halogens is 1. The van der Waals surface area contributed by atoms with Gasteiger partial charge >= 0.3 is 0 Å². The van der Waals surface area contributed by atoms with E-state index >= 15 is 0 Å². The van der Waals surface area contributed by atoms with Crippen LogP contribution in [0.3, 0.4) is 0 Å². The zero-order chi connectivity index (χ0) is 17.1. The van der Waals surface area contributed by atoms with Crippen molar-refractivity contribution in [1.29, 1.82) is 0 Å². The minimum absolute atomic E-state index is 0. The molecular weight excluding hydrogens is 344 g/mol. The van der Waals surface area contributed by atoms with Gasteiger partial charge in [0.2, 0.25) is 5.91 Å². The first-order chi connectivity index (χ1) is 12.3. The zero-order valence-corrected chi connectivity index (χ0v) is 16.0. The van der Waals surface area contributed by atoms with Crippen LogP contribution >= 0.6 is 12.4 Å². The summed E-state index contributed by atoms with van der Waals surface area (Å²) in [4.78, 5) is 15.5. The molecule has 3 aromatic rings. The molecule has 1 aliphatic rings. The molecule has 0 aliphatic carbocycles. The van der Waals surface area contributed by atoms with Gasteiger partial charge in [-0.1, -0.05) is 42.8 Å². The van der Waals surface area contributed by atoms with Crippen LogP contribution in [0.15, 0.2) is 48.5 Å². The van der Waals surface area contributed by atoms with Crippen LogP contribution in [0.5, 0.6) is 0 Å². The first-order valence-electron chi connectivity index (χ1n) is 9.58. The maximum absolute atomic E-state index is 12.9. The molecule has 1 aromatic heterocycles. The lowest BCUT2D eigenvalue weighted by molar-refractivity contribution is 0.0909. The first-order valence-corrected chi connectivity index (χ1v) is 9.58. The molecule has 26 heavy (non-hydrogen) atoms. The van der Waals surface area contributed by atoms with Crippen LogP contribution in [0.25, 0.3) is 21.8 Å². The summed E-state index contributed by atoms with van der Waals surface area (Å²) in [5.74, 6) is 0.221. The van der Waals surface area contributed by atoms with Crippen LogP contribution in [-0.2, 0) is 0 Å². The molecule has 0 unspecified atom stereocenters. The third-order valence-corrected chi connectivity index (χ3v) is 5.39. The number of likely N-dealkylation sites (tertiary alicyclic amines) is 1. The van der Waals surface area contributed by atoms with E-state index in [4.69, 9.17) is 0 Å². The van der Waals surface area contributed by atoms with Crippen molar-refractivity contribution in [2.75, 3.05) is 19.6 Å². The molecule has 0 radical (unpaired) electrons. The molecule has 0 saturated carbocycles. The SMILES string of the molecule is Cl.O=C(CCCCCN1CCCC1)n1c2ccccc2c2ccccc21. The van der Waals surface area contributed by atoms with E-state index in [9.17, 15) is 4.79 Å². The highest BCUT2D eigenvalue weighted by Crippen LogP contribution is 2.29. The van der Waals surface area contributed by atoms with Gasteiger partial charge < -0.3 is 4.90 Å². The number of para-hydroxylation sites is 2. The number of rotatable bonds is 6. The Morgan fingerprint density at radius 3 is 2.00 bits per heavy atom. The fraction of sp³-hybridized carbons (Fsp3) is 0.409. The monoisotopic (exact) mass is 370 g/mol. The second kappa shape index (κ2) is 8.70. The average Bonchev–Trinajstić information content (AvgIpc) is 3.27. The summed E-state index contributed by atoms with van der Waals surface area (Å²) in [6, 6.07) is 16.4. The molecule has 2 aromatic carbocycles. The van der Waals surface area contributed by atoms with Crippen molar-refractivity contribution < 1.29 is 4.79 Å². The second-order valence-corrected chi connectivity index (χ2v) is 7.12. The van der Waals surface area contributed by atoms with Gasteiger partial charge in [0.1, 0.15) is 0 Å². The van der Waals surface area contributed by atoms with Crippen molar-refractivity contribution in [2.45, 2.75) is 38.5 Å². The van der Waals surface area contributed by atoms with Crippen LogP contribution < -0.4 is 0 Å². The average molecular weight is 371 g/mol. The van der Waals surface area contributed by atoms with Gasteiger partial charge in [-0.2, -0.15) is 0 Å². The smallest absolute Gasteiger partial charge is 0.231 e. The van der Waals surface area contributed by atoms with E-state index in [0.29, 0.717) is 6.42 Å². The first kappa shape index (κ1) is 18.9. The highest BCUT2D eigenvalue weighted by atomic mass is 35.5. The molecule has 0 atom stereocenters. The van der Waals surface area contributed by atoms with Crippen molar-refractivity contribution in [1.82, 2.24) is 9.47 Å². The zero-order valence-electron chi connectivity index (χ0n) is 15.2. The van der Waals surface area contributed by atoms with Gasteiger partial charge in [-0.3, -0.25) is 9.36 Å². The lowest BCUT2D eigenvalue weighted by Gasteiger charge is -2.13. The molecule has 4 rings (SSSR count). The molecule has 138 valence electrons. The van der Waals surface area contributed by atoms with Crippen LogP contribution in [0.1, 0.15) is 43.3 Å². The van der Waals surface area contributed by atoms with Crippen molar-refractivity contribution in [3.05, 3.63) is 48.5 Å². The number of unbranched alkanes of at least 4 members (excludes halogenated alkanes) is 2. The molecule has 2 heterocycles. The summed E-state index contributed by atoms with van der Waals surface area (Å²) in [6.45, 7) is 3.73. The summed E-state index contributed by atoms with van der Waals surface area (Å²) < 4.78 is 1.92. The van der Waals surface area contributed by atoms with Crippen molar-refractivity contribution in [3.63, 3.8) is 0 Å². The normalized spacial score (nSPS) is 14.8. The van der Waals surface area contributed by atoms with Gasteiger partial charge in [0.05, 0.1) is 11.0 Å². The number of hydrogen-bond donors (Lipinski definition) is 0. The molecule has 1 aliphatic heterocycles. The summed E-state index contributed by atoms with van der Waals surface area (Å²) >= 11 is 0. The predicted octanol–water partition coefficient (Wildman–Crippen LogP) is 5.51. The van der Waals surface area contributed by atoms with Gasteiger partial charge in [-0.15, -0.1) is 12.4 Å². The van der Waals surface area contributed by atoms with Crippen LogP contribution in [0.2, 0.25) is 0 Å². The van der Waals surface area contributed by atoms with Crippen molar-refractivity contribution in [3.8, 4) is 0 Å². The number of aromatic nitrogens is 1. The van der Waals surface area contributed by atoms with Gasteiger partial charge in [0.15, 0.2) is 0 Å². The van der Waals surface area contributed by atoms with Gasteiger partial charge in [0.25, 0.3) is 0 Å². The summed E-state index contributed by atoms with van der Waals surface area (Å²) in [7, 11) is 0. The number of benzene rings is 2. The Morgan fingerprint density at radius 2 is 1.38 bits per heavy atom. The Balaban J connectivity index is 0.00000196. The maximum Gasteiger partial charge on any atom is 0.231 e. The molecule has 3 nitrogen and oxygen atoms in total. The lowest BCUT2D eigenvalue weighted by Crippen LogP contribution is -2.20. The Morgan fingerprint density at radius 1 is 0.808 bits per heavy atom. The molecule has 0 N–H and O–H groups in total. The quantitative estimate of drug-likeness (QED) is 0.534. The minimum Gasteiger partial charge on any atom is -0.303 e. The van der Waals surface area contributed by atoms with Crippen LogP contribution in [0.4, 0.5) is 0 Å². The number of carbonyl (C=O) groups is 1. The Bertz CT molecular complexity index is 827. The fourth-order valence-corrected chi connectivity index (χ4v) is 4.10. The van der Waals surface area contributed by atoms with E-state index in [2.05, 4.69) is 29.2 Å². The van der Waals surface area contributed by atoms with Gasteiger partial charge in [0, 0.05) is 17.2 Å². The molecule has 0 bridgehead atoms. The number of hydrogen-bond acceptors (Lipinski definition) is 2. The minimum atomic E-state index is 0. The molecule has 1 fully saturated rings. The number of carbonyl (C=O) groups excluding carboxylic acids is 1. The third-order valence-electron chi connectivity index (χ3n) is 5.39. The third kappa shape index (κ3) is 3.79. The highest BCUT2D eigenvalue weighted by Gasteiger charge is 2.15. The molecular formula is C22H27ClN2O. The van der Waals surface area contributed by atoms with Crippen LogP contribution in [-0.4, -0.2) is 35.0 Å². The van der Waals surface area contributed by atoms with E-state index in [1.165, 1.54) is 49.7 Å². The number of fused-ring (bicyclic) bond motifs is 3. The predicted molar refractivity (Wildman–Crippen MR) is 111 cm³/mol. The summed E-state index contributed by atoms with van der Waals surface area (Å²) in [5, 5.41) is 2.33. The van der Waals surface area contributed by atoms with E-state index in [-0.39, 0.29) is 18.3 Å². The second-order valence-electron chi connectivity index (χ2n) is 7.12. The van der Waals surface area contributed by atoms with Gasteiger partial charge in [-0.05, 0) is 57.5 Å². The van der Waals surface area contributed by atoms with Crippen molar-refractivity contribution >= 4 is 40.1 Å². The standard InChI is InChI=1S/C22H26N2O.ClH/c25-22(14-2-1-7-15-23-16-8-9-17-23)24-20-12-5-3-10-18(20)19-11-4-6-13-21(19)24;/h3-6,10-13H,1-2,7-9,14-17H2;1H. The summed E-state index contributed by atoms with van der Waals surface area (Å²) in [5.41, 5.74) is 2.07. The highest BCUT2D eigenvalue weighted by molar-refractivity contribution is 6.13. The van der Waals surface area contributed by atoms with E-state index in [0.717, 1.165) is 23.9 Å². The Hall–Kier alpha value is -1.84. The fourth-order valence-electron chi connectivity index (χ4n) is 4.10. The molecule has 0 spiro atoms. The van der Waals surface area contributed by atoms with E-state index < -0.39 is 0 Å². The molecule has 1 saturated heterocycles. The van der Waals surface area contributed by atoms with Crippen LogP contribution in [0, 0.1) is 0 Å². The van der Waals surface area contributed by atoms with E-state index in [1.54, 1.807) is 0 Å². The largest absolute Gasteiger partial charge is 0.303 e. The maximum atomic E-state index is 12.9. The Labute approximate surface area is 161 Å². The number of nitrogens with zero attached hydrogens (tertiary/aromatic N) is 2. The van der Waals surface area contributed by atoms with Crippen molar-refractivity contribution in [2.24, 2.45) is 0 Å². The molecule has 4 heteroatoms. The topological polar surface area (TPSA) is 25.2 Å². The summed E-state index contributed by atoms with van der Waals surface area (Å²) in [6.07, 6.45) is 6.66. The Kier molecular flexibility index (Phi) is 6.33.